The minimum atomic E-state index is -3.45. The molecule has 1 saturated carbocycles. The first kappa shape index (κ1) is 17.3. The van der Waals surface area contributed by atoms with Crippen molar-refractivity contribution >= 4 is 27.4 Å². The Kier molecular flexibility index (Phi) is 5.25. The van der Waals surface area contributed by atoms with Gasteiger partial charge in [0.1, 0.15) is 17.1 Å². The molecule has 0 aromatic heterocycles. The van der Waals surface area contributed by atoms with Gasteiger partial charge in [-0.3, -0.25) is 4.79 Å². The zero-order valence-corrected chi connectivity index (χ0v) is 13.6. The van der Waals surface area contributed by atoms with Crippen molar-refractivity contribution in [3.8, 4) is 5.75 Å². The Morgan fingerprint density at radius 1 is 1.30 bits per heavy atom. The van der Waals surface area contributed by atoms with Gasteiger partial charge in [0.2, 0.25) is 5.91 Å². The monoisotopic (exact) mass is 341 g/mol. The first-order valence-corrected chi connectivity index (χ1v) is 8.98. The molecule has 2 rings (SSSR count). The Hall–Kier alpha value is -2.09. The molecule has 0 heterocycles. The molecule has 1 aromatic rings. The number of carbonyl (C=O) groups excluding carboxylic acids is 1. The van der Waals surface area contributed by atoms with Crippen molar-refractivity contribution in [3.63, 3.8) is 0 Å². The number of aromatic carboxylic acids is 1. The number of benzene rings is 1. The summed E-state index contributed by atoms with van der Waals surface area (Å²) in [6.45, 7) is 0. The Bertz CT molecular complexity index is 707. The molecule has 0 aliphatic heterocycles. The summed E-state index contributed by atoms with van der Waals surface area (Å²) in [5.41, 5.74) is 0.252. The molecular formula is C15H19NO6S. The SMILES string of the molecule is COc1cc(NC(=O)CS(=O)(=O)C2CCCC2)ccc1C(=O)O. The van der Waals surface area contributed by atoms with Crippen LogP contribution in [-0.4, -0.2) is 43.5 Å². The van der Waals surface area contributed by atoms with E-state index in [0.717, 1.165) is 12.8 Å². The second kappa shape index (κ2) is 6.99. The highest BCUT2D eigenvalue weighted by molar-refractivity contribution is 7.92. The molecule has 1 aliphatic carbocycles. The average molecular weight is 341 g/mol. The lowest BCUT2D eigenvalue weighted by molar-refractivity contribution is -0.113. The predicted molar refractivity (Wildman–Crippen MR) is 84.6 cm³/mol. The van der Waals surface area contributed by atoms with Crippen LogP contribution in [0.3, 0.4) is 0 Å². The zero-order chi connectivity index (χ0) is 17.0. The minimum absolute atomic E-state index is 0.0379. The predicted octanol–water partition coefficient (Wildman–Crippen LogP) is 1.69. The molecule has 1 aliphatic rings. The molecule has 126 valence electrons. The van der Waals surface area contributed by atoms with Crippen molar-refractivity contribution < 1.29 is 27.9 Å². The summed E-state index contributed by atoms with van der Waals surface area (Å²) in [5, 5.41) is 11.0. The van der Waals surface area contributed by atoms with Gasteiger partial charge in [0.25, 0.3) is 0 Å². The number of hydrogen-bond acceptors (Lipinski definition) is 5. The number of carboxylic acids is 1. The van der Waals surface area contributed by atoms with Crippen molar-refractivity contribution in [1.29, 1.82) is 0 Å². The second-order valence-corrected chi connectivity index (χ2v) is 7.76. The quantitative estimate of drug-likeness (QED) is 0.815. The smallest absolute Gasteiger partial charge is 0.339 e. The van der Waals surface area contributed by atoms with E-state index in [1.54, 1.807) is 0 Å². The number of carboxylic acid groups (broad SMARTS) is 1. The van der Waals surface area contributed by atoms with E-state index < -0.39 is 32.7 Å². The highest BCUT2D eigenvalue weighted by Gasteiger charge is 2.30. The van der Waals surface area contributed by atoms with Crippen LogP contribution in [0.15, 0.2) is 18.2 Å². The number of anilines is 1. The maximum Gasteiger partial charge on any atom is 0.339 e. The number of amides is 1. The number of hydrogen-bond donors (Lipinski definition) is 2. The third-order valence-electron chi connectivity index (χ3n) is 3.86. The summed E-state index contributed by atoms with van der Waals surface area (Å²) in [5.74, 6) is -2.26. The third kappa shape index (κ3) is 4.22. The van der Waals surface area contributed by atoms with Gasteiger partial charge in [-0.15, -0.1) is 0 Å². The standard InChI is InChI=1S/C15H19NO6S/c1-22-13-8-10(6-7-12(13)15(18)19)16-14(17)9-23(20,21)11-4-2-3-5-11/h6-8,11H,2-5,9H2,1H3,(H,16,17)(H,18,19). The molecule has 8 heteroatoms. The van der Waals surface area contributed by atoms with Crippen LogP contribution in [0.1, 0.15) is 36.0 Å². The lowest BCUT2D eigenvalue weighted by Gasteiger charge is -2.12. The van der Waals surface area contributed by atoms with E-state index in [4.69, 9.17) is 9.84 Å². The number of carbonyl (C=O) groups is 2. The van der Waals surface area contributed by atoms with Crippen LogP contribution >= 0.6 is 0 Å². The van der Waals surface area contributed by atoms with E-state index >= 15 is 0 Å². The molecule has 0 atom stereocenters. The van der Waals surface area contributed by atoms with E-state index in [-0.39, 0.29) is 11.3 Å². The number of ether oxygens (including phenoxy) is 1. The lowest BCUT2D eigenvalue weighted by Crippen LogP contribution is -2.29. The summed E-state index contributed by atoms with van der Waals surface area (Å²) in [6.07, 6.45) is 2.96. The van der Waals surface area contributed by atoms with Crippen LogP contribution in [0.4, 0.5) is 5.69 Å². The summed E-state index contributed by atoms with van der Waals surface area (Å²) >= 11 is 0. The molecule has 0 unspecified atom stereocenters. The summed E-state index contributed by atoms with van der Waals surface area (Å²) in [7, 11) is -2.14. The third-order valence-corrected chi connectivity index (χ3v) is 6.01. The Morgan fingerprint density at radius 3 is 2.52 bits per heavy atom. The van der Waals surface area contributed by atoms with E-state index in [1.165, 1.54) is 25.3 Å². The van der Waals surface area contributed by atoms with Crippen molar-refractivity contribution in [1.82, 2.24) is 0 Å². The van der Waals surface area contributed by atoms with Crippen LogP contribution < -0.4 is 10.1 Å². The van der Waals surface area contributed by atoms with Gasteiger partial charge in [-0.05, 0) is 25.0 Å². The Labute approximate surface area is 134 Å². The molecule has 0 saturated heterocycles. The molecular weight excluding hydrogens is 322 g/mol. The fraction of sp³-hybridized carbons (Fsp3) is 0.467. The Morgan fingerprint density at radius 2 is 1.96 bits per heavy atom. The molecule has 0 spiro atoms. The normalized spacial score (nSPS) is 15.3. The maximum atomic E-state index is 12.1. The van der Waals surface area contributed by atoms with Crippen molar-refractivity contribution in [2.75, 3.05) is 18.2 Å². The molecule has 1 aromatic carbocycles. The second-order valence-electron chi connectivity index (χ2n) is 5.48. The van der Waals surface area contributed by atoms with E-state index in [1.807, 2.05) is 0 Å². The van der Waals surface area contributed by atoms with Crippen LogP contribution in [0, 0.1) is 0 Å². The summed E-state index contributed by atoms with van der Waals surface area (Å²) in [4.78, 5) is 23.0. The molecule has 1 fully saturated rings. The van der Waals surface area contributed by atoms with Gasteiger partial charge in [-0.25, -0.2) is 13.2 Å². The molecule has 2 N–H and O–H groups in total. The van der Waals surface area contributed by atoms with E-state index in [9.17, 15) is 18.0 Å². The molecule has 0 radical (unpaired) electrons. The van der Waals surface area contributed by atoms with Crippen LogP contribution in [0.2, 0.25) is 0 Å². The fourth-order valence-electron chi connectivity index (χ4n) is 2.69. The van der Waals surface area contributed by atoms with Crippen LogP contribution in [-0.2, 0) is 14.6 Å². The van der Waals surface area contributed by atoms with Crippen molar-refractivity contribution in [2.45, 2.75) is 30.9 Å². The first-order chi connectivity index (χ1) is 10.8. The number of methoxy groups -OCH3 is 1. The summed E-state index contributed by atoms with van der Waals surface area (Å²) in [6, 6.07) is 4.04. The summed E-state index contributed by atoms with van der Waals surface area (Å²) < 4.78 is 29.2. The molecule has 23 heavy (non-hydrogen) atoms. The minimum Gasteiger partial charge on any atom is -0.496 e. The van der Waals surface area contributed by atoms with Gasteiger partial charge < -0.3 is 15.2 Å². The first-order valence-electron chi connectivity index (χ1n) is 7.26. The number of nitrogens with one attached hydrogen (secondary N) is 1. The van der Waals surface area contributed by atoms with Gasteiger partial charge in [0.05, 0.1) is 12.4 Å². The fourth-order valence-corrected chi connectivity index (χ4v) is 4.42. The van der Waals surface area contributed by atoms with Crippen molar-refractivity contribution in [2.24, 2.45) is 0 Å². The van der Waals surface area contributed by atoms with Crippen LogP contribution in [0.5, 0.6) is 5.75 Å². The van der Waals surface area contributed by atoms with E-state index in [0.29, 0.717) is 18.5 Å². The molecule has 0 bridgehead atoms. The highest BCUT2D eigenvalue weighted by atomic mass is 32.2. The van der Waals surface area contributed by atoms with Crippen LogP contribution in [0.25, 0.3) is 0 Å². The van der Waals surface area contributed by atoms with Gasteiger partial charge in [0, 0.05) is 11.8 Å². The topological polar surface area (TPSA) is 110 Å². The van der Waals surface area contributed by atoms with Gasteiger partial charge >= 0.3 is 5.97 Å². The largest absolute Gasteiger partial charge is 0.496 e. The van der Waals surface area contributed by atoms with E-state index in [2.05, 4.69) is 5.32 Å². The zero-order valence-electron chi connectivity index (χ0n) is 12.7. The maximum absolute atomic E-state index is 12.1. The van der Waals surface area contributed by atoms with Gasteiger partial charge in [0.15, 0.2) is 9.84 Å². The van der Waals surface area contributed by atoms with Gasteiger partial charge in [-0.1, -0.05) is 12.8 Å². The number of sulfone groups is 1. The highest BCUT2D eigenvalue weighted by Crippen LogP contribution is 2.26. The Balaban J connectivity index is 2.07. The number of rotatable bonds is 6. The van der Waals surface area contributed by atoms with Gasteiger partial charge in [-0.2, -0.15) is 0 Å². The molecule has 7 nitrogen and oxygen atoms in total. The lowest BCUT2D eigenvalue weighted by atomic mass is 10.2. The van der Waals surface area contributed by atoms with Crippen molar-refractivity contribution in [3.05, 3.63) is 23.8 Å². The molecule has 1 amide bonds. The average Bonchev–Trinajstić information content (AvgIpc) is 3.01.